The van der Waals surface area contributed by atoms with E-state index in [1.807, 2.05) is 0 Å². The van der Waals surface area contributed by atoms with Crippen molar-refractivity contribution in [2.24, 2.45) is 0 Å². The average molecular weight is 323 g/mol. The topological polar surface area (TPSA) is 108 Å². The van der Waals surface area contributed by atoms with E-state index in [0.717, 1.165) is 6.20 Å². The van der Waals surface area contributed by atoms with Gasteiger partial charge in [0.05, 0.1) is 0 Å². The zero-order valence-electron chi connectivity index (χ0n) is 10.5. The Labute approximate surface area is 117 Å². The lowest BCUT2D eigenvalue weighted by Crippen LogP contribution is -2.40. The Balaban J connectivity index is 2.26. The van der Waals surface area contributed by atoms with Crippen LogP contribution in [0.25, 0.3) is 10.9 Å². The third-order valence-corrected chi connectivity index (χ3v) is 4.27. The first-order valence-electron chi connectivity index (χ1n) is 5.72. The third kappa shape index (κ3) is 3.28. The van der Waals surface area contributed by atoms with Crippen molar-refractivity contribution in [3.63, 3.8) is 0 Å². The second-order valence-corrected chi connectivity index (χ2v) is 6.10. The molecule has 1 aromatic carbocycles. The van der Waals surface area contributed by atoms with Gasteiger partial charge in [0.2, 0.25) is 10.0 Å². The van der Waals surface area contributed by atoms with Crippen molar-refractivity contribution < 1.29 is 26.7 Å². The SMILES string of the molecule is Nc1ccc2c(S(=O)(=O)NCC(O)C(F)(F)F)c[nH]c2c1. The van der Waals surface area contributed by atoms with Gasteiger partial charge >= 0.3 is 6.18 Å². The van der Waals surface area contributed by atoms with E-state index in [1.165, 1.54) is 18.2 Å². The summed E-state index contributed by atoms with van der Waals surface area (Å²) >= 11 is 0. The standard InChI is InChI=1S/C11H12F3N3O3S/c12-11(13,14)10(18)5-17-21(19,20)9-4-16-8-3-6(15)1-2-7(8)9/h1-4,10,16-18H,5,15H2. The Morgan fingerprint density at radius 3 is 2.67 bits per heavy atom. The van der Waals surface area contributed by atoms with Gasteiger partial charge in [-0.1, -0.05) is 0 Å². The van der Waals surface area contributed by atoms with E-state index in [9.17, 15) is 21.6 Å². The maximum atomic E-state index is 12.2. The smallest absolute Gasteiger partial charge is 0.399 e. The van der Waals surface area contributed by atoms with E-state index in [-0.39, 0.29) is 10.3 Å². The molecule has 1 atom stereocenters. The lowest BCUT2D eigenvalue weighted by Gasteiger charge is -2.14. The number of H-pyrrole nitrogens is 1. The minimum Gasteiger partial charge on any atom is -0.399 e. The van der Waals surface area contributed by atoms with Crippen LogP contribution in [0.15, 0.2) is 29.3 Å². The van der Waals surface area contributed by atoms with Gasteiger partial charge in [-0.15, -0.1) is 0 Å². The molecule has 0 saturated heterocycles. The van der Waals surface area contributed by atoms with Crippen LogP contribution in [0.4, 0.5) is 18.9 Å². The second kappa shape index (κ2) is 5.20. The molecule has 0 amide bonds. The summed E-state index contributed by atoms with van der Waals surface area (Å²) in [6.45, 7) is -1.16. The van der Waals surface area contributed by atoms with Gasteiger partial charge in [-0.05, 0) is 18.2 Å². The Morgan fingerprint density at radius 2 is 2.05 bits per heavy atom. The summed E-state index contributed by atoms with van der Waals surface area (Å²) in [5.74, 6) is 0. The normalized spacial score (nSPS) is 14.5. The van der Waals surface area contributed by atoms with Gasteiger partial charge in [-0.25, -0.2) is 13.1 Å². The number of nitrogen functional groups attached to an aromatic ring is 1. The highest BCUT2D eigenvalue weighted by atomic mass is 32.2. The molecule has 0 fully saturated rings. The number of nitrogens with one attached hydrogen (secondary N) is 2. The van der Waals surface area contributed by atoms with E-state index < -0.39 is 28.8 Å². The molecule has 10 heteroatoms. The molecule has 0 aliphatic rings. The Morgan fingerprint density at radius 1 is 1.38 bits per heavy atom. The summed E-state index contributed by atoms with van der Waals surface area (Å²) in [6, 6.07) is 4.41. The van der Waals surface area contributed by atoms with Crippen molar-refractivity contribution in [1.82, 2.24) is 9.71 Å². The van der Waals surface area contributed by atoms with Crippen molar-refractivity contribution in [3.8, 4) is 0 Å². The van der Waals surface area contributed by atoms with E-state index in [0.29, 0.717) is 11.2 Å². The molecule has 0 spiro atoms. The molecular formula is C11H12F3N3O3S. The van der Waals surface area contributed by atoms with E-state index >= 15 is 0 Å². The quantitative estimate of drug-likeness (QED) is 0.628. The van der Waals surface area contributed by atoms with Crippen LogP contribution in [-0.2, 0) is 10.0 Å². The predicted molar refractivity (Wildman–Crippen MR) is 70.0 cm³/mol. The fraction of sp³-hybridized carbons (Fsp3) is 0.273. The first-order chi connectivity index (χ1) is 9.61. The van der Waals surface area contributed by atoms with E-state index in [4.69, 9.17) is 10.8 Å². The summed E-state index contributed by atoms with van der Waals surface area (Å²) in [7, 11) is -4.19. The maximum Gasteiger partial charge on any atom is 0.415 e. The third-order valence-electron chi connectivity index (χ3n) is 2.80. The number of rotatable bonds is 4. The molecule has 0 saturated carbocycles. The van der Waals surface area contributed by atoms with Gasteiger partial charge in [0, 0.05) is 29.3 Å². The molecule has 6 nitrogen and oxygen atoms in total. The molecule has 0 aliphatic heterocycles. The van der Waals surface area contributed by atoms with Gasteiger partial charge in [0.1, 0.15) is 4.90 Å². The monoisotopic (exact) mass is 323 g/mol. The van der Waals surface area contributed by atoms with Gasteiger partial charge < -0.3 is 15.8 Å². The van der Waals surface area contributed by atoms with Crippen molar-refractivity contribution in [1.29, 1.82) is 0 Å². The molecule has 1 heterocycles. The minimum atomic E-state index is -4.89. The number of hydrogen-bond acceptors (Lipinski definition) is 4. The zero-order valence-corrected chi connectivity index (χ0v) is 11.3. The fourth-order valence-corrected chi connectivity index (χ4v) is 2.94. The number of benzene rings is 1. The number of alkyl halides is 3. The summed E-state index contributed by atoms with van der Waals surface area (Å²) in [5.41, 5.74) is 6.39. The predicted octanol–water partition coefficient (Wildman–Crippen LogP) is 0.952. The van der Waals surface area contributed by atoms with Crippen LogP contribution in [0.1, 0.15) is 0 Å². The molecule has 5 N–H and O–H groups in total. The molecule has 0 aliphatic carbocycles. The number of aliphatic hydroxyl groups excluding tert-OH is 1. The Hall–Kier alpha value is -1.78. The number of aliphatic hydroxyl groups is 1. The van der Waals surface area contributed by atoms with Crippen LogP contribution < -0.4 is 10.5 Å². The lowest BCUT2D eigenvalue weighted by atomic mass is 10.2. The van der Waals surface area contributed by atoms with Crippen LogP contribution in [0.2, 0.25) is 0 Å². The molecule has 0 bridgehead atoms. The first kappa shape index (κ1) is 15.6. The molecule has 0 radical (unpaired) electrons. The number of aromatic nitrogens is 1. The molecular weight excluding hydrogens is 311 g/mol. The zero-order chi connectivity index (χ0) is 15.8. The van der Waals surface area contributed by atoms with Gasteiger partial charge in [0.15, 0.2) is 6.10 Å². The highest BCUT2D eigenvalue weighted by Crippen LogP contribution is 2.25. The summed E-state index contributed by atoms with van der Waals surface area (Å²) in [6.07, 6.45) is -6.52. The van der Waals surface area contributed by atoms with Crippen molar-refractivity contribution in [2.45, 2.75) is 17.2 Å². The van der Waals surface area contributed by atoms with E-state index in [2.05, 4.69) is 4.98 Å². The highest BCUT2D eigenvalue weighted by Gasteiger charge is 2.38. The Bertz CT molecular complexity index is 755. The number of hydrogen-bond donors (Lipinski definition) is 4. The van der Waals surface area contributed by atoms with Crippen molar-refractivity contribution in [3.05, 3.63) is 24.4 Å². The highest BCUT2D eigenvalue weighted by molar-refractivity contribution is 7.89. The van der Waals surface area contributed by atoms with Crippen LogP contribution in [-0.4, -0.2) is 37.3 Å². The Kier molecular flexibility index (Phi) is 3.87. The number of halogens is 3. The molecule has 1 unspecified atom stereocenters. The van der Waals surface area contributed by atoms with Crippen molar-refractivity contribution in [2.75, 3.05) is 12.3 Å². The van der Waals surface area contributed by atoms with Crippen molar-refractivity contribution >= 4 is 26.6 Å². The van der Waals surface area contributed by atoms with Gasteiger partial charge in [0.25, 0.3) is 0 Å². The lowest BCUT2D eigenvalue weighted by molar-refractivity contribution is -0.200. The fourth-order valence-electron chi connectivity index (χ4n) is 1.72. The molecule has 21 heavy (non-hydrogen) atoms. The van der Waals surface area contributed by atoms with Crippen LogP contribution >= 0.6 is 0 Å². The summed E-state index contributed by atoms with van der Waals surface area (Å²) in [4.78, 5) is 2.45. The largest absolute Gasteiger partial charge is 0.415 e. The molecule has 2 rings (SSSR count). The number of nitrogens with two attached hydrogens (primary N) is 1. The van der Waals surface area contributed by atoms with Crippen LogP contribution in [0, 0.1) is 0 Å². The number of fused-ring (bicyclic) bond motifs is 1. The maximum absolute atomic E-state index is 12.2. The minimum absolute atomic E-state index is 0.216. The molecule has 1 aromatic heterocycles. The van der Waals surface area contributed by atoms with Gasteiger partial charge in [-0.3, -0.25) is 0 Å². The van der Waals surface area contributed by atoms with Crippen LogP contribution in [0.5, 0.6) is 0 Å². The van der Waals surface area contributed by atoms with E-state index in [1.54, 1.807) is 4.72 Å². The second-order valence-electron chi connectivity index (χ2n) is 4.37. The summed E-state index contributed by atoms with van der Waals surface area (Å²) in [5, 5.41) is 9.11. The molecule has 116 valence electrons. The number of anilines is 1. The summed E-state index contributed by atoms with van der Waals surface area (Å²) < 4.78 is 62.2. The number of sulfonamides is 1. The average Bonchev–Trinajstić information content (AvgIpc) is 2.78. The molecule has 2 aromatic rings. The van der Waals surface area contributed by atoms with Crippen LogP contribution in [0.3, 0.4) is 0 Å². The van der Waals surface area contributed by atoms with Gasteiger partial charge in [-0.2, -0.15) is 13.2 Å². The first-order valence-corrected chi connectivity index (χ1v) is 7.20. The number of aromatic amines is 1.